The number of hydrogen-bond donors (Lipinski definition) is 1. The molecule has 7 heteroatoms. The van der Waals surface area contributed by atoms with Crippen LogP contribution in [0.1, 0.15) is 23.3 Å². The van der Waals surface area contributed by atoms with Gasteiger partial charge in [-0.3, -0.25) is 4.79 Å². The van der Waals surface area contributed by atoms with E-state index in [1.165, 1.54) is 15.6 Å². The van der Waals surface area contributed by atoms with Gasteiger partial charge in [-0.25, -0.2) is 8.42 Å². The summed E-state index contributed by atoms with van der Waals surface area (Å²) in [6.07, 6.45) is 1.24. The van der Waals surface area contributed by atoms with Crippen molar-refractivity contribution in [3.8, 4) is 0 Å². The highest BCUT2D eigenvalue weighted by molar-refractivity contribution is 7.91. The van der Waals surface area contributed by atoms with Crippen LogP contribution in [0, 0.1) is 6.92 Å². The molecule has 1 aliphatic rings. The van der Waals surface area contributed by atoms with Gasteiger partial charge < -0.3 is 5.32 Å². The van der Waals surface area contributed by atoms with Crippen LogP contribution < -0.4 is 5.32 Å². The molecule has 1 amide bonds. The predicted octanol–water partition coefficient (Wildman–Crippen LogP) is 3.68. The molecule has 3 aromatic rings. The molecule has 1 aromatic heterocycles. The standard InChI is InChI=1S/C21H22N2O3S2/c1-15-11-12-20(27-15)28(25,26)23-13-5-10-19(23)21(24)22-14-17-8-4-7-16-6-2-3-9-18(16)17/h2-4,6-9,11-12,19H,5,10,13-14H2,1H3,(H,22,24). The van der Waals surface area contributed by atoms with Crippen molar-refractivity contribution >= 4 is 38.0 Å². The second-order valence-electron chi connectivity index (χ2n) is 6.99. The predicted molar refractivity (Wildman–Crippen MR) is 112 cm³/mol. The zero-order valence-corrected chi connectivity index (χ0v) is 17.2. The lowest BCUT2D eigenvalue weighted by Crippen LogP contribution is -2.45. The maximum Gasteiger partial charge on any atom is 0.253 e. The molecule has 1 atom stereocenters. The minimum atomic E-state index is -3.64. The number of fused-ring (bicyclic) bond motifs is 1. The fourth-order valence-corrected chi connectivity index (χ4v) is 6.77. The Kier molecular flexibility index (Phi) is 5.23. The van der Waals surface area contributed by atoms with Crippen molar-refractivity contribution in [3.05, 3.63) is 65.0 Å². The number of nitrogens with one attached hydrogen (secondary N) is 1. The van der Waals surface area contributed by atoms with Crippen molar-refractivity contribution < 1.29 is 13.2 Å². The van der Waals surface area contributed by atoms with Gasteiger partial charge >= 0.3 is 0 Å². The fourth-order valence-electron chi connectivity index (χ4n) is 3.70. The zero-order valence-electron chi connectivity index (χ0n) is 15.6. The monoisotopic (exact) mass is 414 g/mol. The van der Waals surface area contributed by atoms with Gasteiger partial charge in [0.15, 0.2) is 0 Å². The van der Waals surface area contributed by atoms with Crippen molar-refractivity contribution in [3.63, 3.8) is 0 Å². The minimum Gasteiger partial charge on any atom is -0.351 e. The first kappa shape index (κ1) is 19.1. The number of carbonyl (C=O) groups excluding carboxylic acids is 1. The summed E-state index contributed by atoms with van der Waals surface area (Å²) in [4.78, 5) is 13.8. The smallest absolute Gasteiger partial charge is 0.253 e. The number of thiophene rings is 1. The molecule has 2 heterocycles. The molecule has 1 aliphatic heterocycles. The van der Waals surface area contributed by atoms with Crippen molar-refractivity contribution in [1.82, 2.24) is 9.62 Å². The third-order valence-electron chi connectivity index (χ3n) is 5.12. The third-order valence-corrected chi connectivity index (χ3v) is 8.49. The van der Waals surface area contributed by atoms with Gasteiger partial charge in [-0.1, -0.05) is 42.5 Å². The van der Waals surface area contributed by atoms with E-state index in [1.807, 2.05) is 49.4 Å². The van der Waals surface area contributed by atoms with E-state index in [1.54, 1.807) is 12.1 Å². The van der Waals surface area contributed by atoms with Crippen LogP contribution in [-0.4, -0.2) is 31.2 Å². The molecule has 1 saturated heterocycles. The van der Waals surface area contributed by atoms with Gasteiger partial charge in [-0.05, 0) is 48.2 Å². The summed E-state index contributed by atoms with van der Waals surface area (Å²) in [6, 6.07) is 16.8. The number of amides is 1. The van der Waals surface area contributed by atoms with Crippen LogP contribution in [0.5, 0.6) is 0 Å². The molecule has 1 unspecified atom stereocenters. The summed E-state index contributed by atoms with van der Waals surface area (Å²) in [7, 11) is -3.64. The summed E-state index contributed by atoms with van der Waals surface area (Å²) < 4.78 is 27.6. The molecule has 0 bridgehead atoms. The first-order valence-corrected chi connectivity index (χ1v) is 11.5. The maximum absolute atomic E-state index is 13.0. The lowest BCUT2D eigenvalue weighted by atomic mass is 10.0. The summed E-state index contributed by atoms with van der Waals surface area (Å²) >= 11 is 1.25. The van der Waals surface area contributed by atoms with E-state index in [2.05, 4.69) is 5.32 Å². The molecule has 2 aromatic carbocycles. The molecular formula is C21H22N2O3S2. The lowest BCUT2D eigenvalue weighted by molar-refractivity contribution is -0.124. The highest BCUT2D eigenvalue weighted by atomic mass is 32.2. The molecule has 0 radical (unpaired) electrons. The summed E-state index contributed by atoms with van der Waals surface area (Å²) in [6.45, 7) is 2.64. The largest absolute Gasteiger partial charge is 0.351 e. The summed E-state index contributed by atoms with van der Waals surface area (Å²) in [5.74, 6) is -0.234. The van der Waals surface area contributed by atoms with E-state index in [9.17, 15) is 13.2 Å². The Morgan fingerprint density at radius 3 is 2.71 bits per heavy atom. The van der Waals surface area contributed by atoms with E-state index >= 15 is 0 Å². The topological polar surface area (TPSA) is 66.5 Å². The Balaban J connectivity index is 1.51. The fraction of sp³-hybridized carbons (Fsp3) is 0.286. The average Bonchev–Trinajstić information content (AvgIpc) is 3.36. The quantitative estimate of drug-likeness (QED) is 0.693. The summed E-state index contributed by atoms with van der Waals surface area (Å²) in [5.41, 5.74) is 1.02. The lowest BCUT2D eigenvalue weighted by Gasteiger charge is -2.22. The number of hydrogen-bond acceptors (Lipinski definition) is 4. The van der Waals surface area contributed by atoms with Gasteiger partial charge in [0, 0.05) is 18.0 Å². The number of aryl methyl sites for hydroxylation is 1. The Bertz CT molecular complexity index is 1120. The normalized spacial score (nSPS) is 17.8. The van der Waals surface area contributed by atoms with Gasteiger partial charge in [0.1, 0.15) is 10.3 Å². The van der Waals surface area contributed by atoms with Crippen LogP contribution in [0.4, 0.5) is 0 Å². The van der Waals surface area contributed by atoms with E-state index < -0.39 is 16.1 Å². The van der Waals surface area contributed by atoms with Crippen LogP contribution in [0.25, 0.3) is 10.8 Å². The SMILES string of the molecule is Cc1ccc(S(=O)(=O)N2CCCC2C(=O)NCc2cccc3ccccc23)s1. The number of rotatable bonds is 5. The third kappa shape index (κ3) is 3.57. The highest BCUT2D eigenvalue weighted by Crippen LogP contribution is 2.30. The van der Waals surface area contributed by atoms with Crippen LogP contribution in [0.2, 0.25) is 0 Å². The van der Waals surface area contributed by atoms with Gasteiger partial charge in [-0.2, -0.15) is 4.31 Å². The first-order valence-electron chi connectivity index (χ1n) is 9.29. The van der Waals surface area contributed by atoms with Crippen LogP contribution in [0.15, 0.2) is 58.8 Å². The first-order chi connectivity index (χ1) is 13.5. The minimum absolute atomic E-state index is 0.234. The van der Waals surface area contributed by atoms with E-state index in [0.29, 0.717) is 30.1 Å². The second kappa shape index (κ2) is 7.66. The van der Waals surface area contributed by atoms with Gasteiger partial charge in [0.05, 0.1) is 0 Å². The van der Waals surface area contributed by atoms with Crippen molar-refractivity contribution in [1.29, 1.82) is 0 Å². The molecule has 146 valence electrons. The zero-order chi connectivity index (χ0) is 19.7. The molecule has 1 N–H and O–H groups in total. The summed E-state index contributed by atoms with van der Waals surface area (Å²) in [5, 5.41) is 5.16. The van der Waals surface area contributed by atoms with Gasteiger partial charge in [0.2, 0.25) is 5.91 Å². The number of sulfonamides is 1. The molecule has 0 aliphatic carbocycles. The molecule has 1 fully saturated rings. The Labute approximate surface area is 169 Å². The van der Waals surface area contributed by atoms with Crippen molar-refractivity contribution in [2.45, 2.75) is 36.6 Å². The van der Waals surface area contributed by atoms with E-state index in [0.717, 1.165) is 21.2 Å². The Morgan fingerprint density at radius 2 is 1.93 bits per heavy atom. The molecule has 4 rings (SSSR count). The van der Waals surface area contributed by atoms with Gasteiger partial charge in [-0.15, -0.1) is 11.3 Å². The van der Waals surface area contributed by atoms with E-state index in [-0.39, 0.29) is 5.91 Å². The number of benzene rings is 2. The Hall–Kier alpha value is -2.22. The maximum atomic E-state index is 13.0. The van der Waals surface area contributed by atoms with Crippen LogP contribution >= 0.6 is 11.3 Å². The number of carbonyl (C=O) groups is 1. The molecular weight excluding hydrogens is 392 g/mol. The van der Waals surface area contributed by atoms with Gasteiger partial charge in [0.25, 0.3) is 10.0 Å². The molecule has 0 spiro atoms. The average molecular weight is 415 g/mol. The molecule has 5 nitrogen and oxygen atoms in total. The Morgan fingerprint density at radius 1 is 1.14 bits per heavy atom. The molecule has 28 heavy (non-hydrogen) atoms. The van der Waals surface area contributed by atoms with Crippen molar-refractivity contribution in [2.24, 2.45) is 0 Å². The highest BCUT2D eigenvalue weighted by Gasteiger charge is 2.39. The van der Waals surface area contributed by atoms with E-state index in [4.69, 9.17) is 0 Å². The van der Waals surface area contributed by atoms with Crippen LogP contribution in [-0.2, 0) is 21.4 Å². The molecule has 0 saturated carbocycles. The number of nitrogens with zero attached hydrogens (tertiary/aromatic N) is 1. The second-order valence-corrected chi connectivity index (χ2v) is 10.4. The van der Waals surface area contributed by atoms with Crippen LogP contribution in [0.3, 0.4) is 0 Å². The van der Waals surface area contributed by atoms with Crippen molar-refractivity contribution in [2.75, 3.05) is 6.54 Å².